The van der Waals surface area contributed by atoms with Gasteiger partial charge in [-0.3, -0.25) is 17.9 Å². The fourth-order valence-electron chi connectivity index (χ4n) is 4.13. The molecule has 1 N–H and O–H groups in total. The highest BCUT2D eigenvalue weighted by Gasteiger charge is 2.29. The van der Waals surface area contributed by atoms with Crippen molar-refractivity contribution in [3.05, 3.63) is 77.9 Å². The van der Waals surface area contributed by atoms with Crippen LogP contribution in [0.4, 0.5) is 0 Å². The van der Waals surface area contributed by atoms with Crippen LogP contribution in [0.3, 0.4) is 0 Å². The van der Waals surface area contributed by atoms with Gasteiger partial charge in [0.05, 0.1) is 87.5 Å². The van der Waals surface area contributed by atoms with E-state index in [1.54, 1.807) is 13.8 Å². The van der Waals surface area contributed by atoms with Crippen molar-refractivity contribution in [2.75, 3.05) is 26.4 Å². The van der Waals surface area contributed by atoms with Crippen molar-refractivity contribution in [3.63, 3.8) is 0 Å². The van der Waals surface area contributed by atoms with Crippen LogP contribution < -0.4 is 11.4 Å². The summed E-state index contributed by atoms with van der Waals surface area (Å²) in [4.78, 5) is 59.3. The molecule has 4 aromatic heterocycles. The molecule has 0 aliphatic carbocycles. The Bertz CT molecular complexity index is 1840. The van der Waals surface area contributed by atoms with Crippen molar-refractivity contribution in [2.45, 2.75) is 39.1 Å². The molecule has 0 amide bonds. The number of ether oxygens (including phenoxy) is 3. The highest BCUT2D eigenvalue weighted by Crippen LogP contribution is 2.18. The van der Waals surface area contributed by atoms with E-state index in [1.165, 1.54) is 33.8 Å². The normalized spacial score (nSPS) is 14.5. The van der Waals surface area contributed by atoms with Crippen molar-refractivity contribution < 1.29 is 28.9 Å². The lowest BCUT2D eigenvalue weighted by atomic mass is 10.3. The number of aromatic nitrogens is 6. The van der Waals surface area contributed by atoms with Gasteiger partial charge in [0.25, 0.3) is 0 Å². The molecular weight excluding hydrogens is 613 g/mol. The molecule has 0 radical (unpaired) electrons. The number of aliphatic hydroxyl groups is 1. The zero-order valence-electron chi connectivity index (χ0n) is 22.8. The second-order valence-corrected chi connectivity index (χ2v) is 9.65. The van der Waals surface area contributed by atoms with E-state index < -0.39 is 23.7 Å². The number of rotatable bonds is 10. The molecule has 4 aromatic rings. The van der Waals surface area contributed by atoms with Crippen LogP contribution in [0.1, 0.15) is 34.8 Å². The summed E-state index contributed by atoms with van der Waals surface area (Å²) in [6.07, 6.45) is 4.12. The van der Waals surface area contributed by atoms with E-state index in [1.807, 2.05) is 0 Å². The molecule has 17 nitrogen and oxygen atoms in total. The van der Waals surface area contributed by atoms with Crippen LogP contribution in [0.15, 0.2) is 39.5 Å². The summed E-state index contributed by atoms with van der Waals surface area (Å²) >= 11 is 11.6. The van der Waals surface area contributed by atoms with Gasteiger partial charge < -0.3 is 19.3 Å². The molecule has 1 fully saturated rings. The first kappa shape index (κ1) is 31.5. The number of epoxide rings is 1. The van der Waals surface area contributed by atoms with Crippen LogP contribution in [-0.4, -0.2) is 83.5 Å². The Kier molecular flexibility index (Phi) is 10.1. The lowest BCUT2D eigenvalue weighted by molar-refractivity contribution is 0.0503. The standard InChI is InChI=1S/C12H13ClN6O4.C12H12ClN3O4/c1-2-23-11(21)10-8-4-15-9(13)6-18(8)12(22)19(10)5-7(20)3-16-17-14;1-2-19-11(17)10-8-3-14-9(13)5-15(8)12(18)16(10)4-7-6-20-7/h4,6-7,20H,2-3,5H2,1H3;3,5,7H,2,4,6H2,1H3. The molecule has 5 heterocycles. The average molecular weight is 638 g/mol. The Balaban J connectivity index is 0.000000198. The highest BCUT2D eigenvalue weighted by atomic mass is 35.5. The Morgan fingerprint density at radius 1 is 1.05 bits per heavy atom. The molecule has 1 aliphatic rings. The van der Waals surface area contributed by atoms with E-state index in [4.69, 9.17) is 42.9 Å². The molecule has 2 atom stereocenters. The maximum absolute atomic E-state index is 12.4. The summed E-state index contributed by atoms with van der Waals surface area (Å²) in [5.74, 6) is -1.29. The van der Waals surface area contributed by atoms with Gasteiger partial charge in [-0.15, -0.1) is 0 Å². The van der Waals surface area contributed by atoms with Gasteiger partial charge in [-0.25, -0.2) is 29.1 Å². The predicted octanol–water partition coefficient (Wildman–Crippen LogP) is 1.72. The zero-order valence-corrected chi connectivity index (χ0v) is 24.3. The topological polar surface area (TPSA) is 213 Å². The quantitative estimate of drug-likeness (QED) is 0.0873. The molecule has 19 heteroatoms. The van der Waals surface area contributed by atoms with Crippen LogP contribution in [0.2, 0.25) is 10.3 Å². The molecule has 0 bridgehead atoms. The molecule has 43 heavy (non-hydrogen) atoms. The number of hydrogen-bond donors (Lipinski definition) is 1. The molecule has 2 unspecified atom stereocenters. The van der Waals surface area contributed by atoms with E-state index in [9.17, 15) is 24.3 Å². The second-order valence-electron chi connectivity index (χ2n) is 8.88. The number of hydrogen-bond acceptors (Lipinski definition) is 11. The first-order chi connectivity index (χ1) is 20.6. The molecule has 1 saturated heterocycles. The third kappa shape index (κ3) is 6.98. The van der Waals surface area contributed by atoms with Gasteiger partial charge in [-0.1, -0.05) is 28.3 Å². The Morgan fingerprint density at radius 2 is 1.53 bits per heavy atom. The van der Waals surface area contributed by atoms with Gasteiger partial charge in [-0.2, -0.15) is 0 Å². The zero-order chi connectivity index (χ0) is 31.3. The van der Waals surface area contributed by atoms with Gasteiger partial charge in [-0.05, 0) is 19.4 Å². The minimum Gasteiger partial charge on any atom is -0.461 e. The number of carbonyl (C=O) groups is 2. The molecule has 0 saturated carbocycles. The highest BCUT2D eigenvalue weighted by molar-refractivity contribution is 6.29. The second kappa shape index (κ2) is 13.7. The first-order valence-corrected chi connectivity index (χ1v) is 13.5. The SMILES string of the molecule is CCOC(=O)c1c2cnc(Cl)cn2c(=O)n1CC(O)CN=[N+]=[N-].CCOC(=O)c1c2cnc(Cl)cn2c(=O)n1CC1CO1. The lowest BCUT2D eigenvalue weighted by Gasteiger charge is -2.10. The predicted molar refractivity (Wildman–Crippen MR) is 151 cm³/mol. The minimum atomic E-state index is -1.14. The van der Waals surface area contributed by atoms with Gasteiger partial charge >= 0.3 is 23.3 Å². The third-order valence-electron chi connectivity index (χ3n) is 5.98. The number of imidazole rings is 2. The fraction of sp³-hybridized carbons (Fsp3) is 0.417. The fourth-order valence-corrected chi connectivity index (χ4v) is 4.42. The molecular formula is C24H25Cl2N9O8. The number of esters is 2. The Hall–Kier alpha value is -4.41. The number of fused-ring (bicyclic) bond motifs is 2. The third-order valence-corrected chi connectivity index (χ3v) is 6.38. The van der Waals surface area contributed by atoms with E-state index >= 15 is 0 Å². The average Bonchev–Trinajstić information content (AvgIpc) is 3.71. The van der Waals surface area contributed by atoms with Crippen LogP contribution in [-0.2, 0) is 27.3 Å². The van der Waals surface area contributed by atoms with Crippen molar-refractivity contribution in [2.24, 2.45) is 5.11 Å². The van der Waals surface area contributed by atoms with E-state index in [-0.39, 0.29) is 65.3 Å². The maximum atomic E-state index is 12.4. The summed E-state index contributed by atoms with van der Waals surface area (Å²) in [7, 11) is 0. The Labute approximate surface area is 251 Å². The van der Waals surface area contributed by atoms with Crippen molar-refractivity contribution in [1.29, 1.82) is 0 Å². The number of nitrogens with zero attached hydrogens (tertiary/aromatic N) is 9. The van der Waals surface area contributed by atoms with Gasteiger partial charge in [0.15, 0.2) is 11.4 Å². The van der Waals surface area contributed by atoms with Crippen LogP contribution in [0.25, 0.3) is 21.5 Å². The van der Waals surface area contributed by atoms with Gasteiger partial charge in [0, 0.05) is 4.91 Å². The molecule has 0 aromatic carbocycles. The summed E-state index contributed by atoms with van der Waals surface area (Å²) in [5.41, 5.74) is 8.02. The van der Waals surface area contributed by atoms with Crippen LogP contribution in [0.5, 0.6) is 0 Å². The van der Waals surface area contributed by atoms with E-state index in [2.05, 4.69) is 20.0 Å². The molecule has 1 aliphatic heterocycles. The van der Waals surface area contributed by atoms with Gasteiger partial charge in [0.2, 0.25) is 0 Å². The summed E-state index contributed by atoms with van der Waals surface area (Å²) in [6, 6.07) is 0. The van der Waals surface area contributed by atoms with E-state index in [0.29, 0.717) is 18.7 Å². The number of azide groups is 1. The summed E-state index contributed by atoms with van der Waals surface area (Å²) in [6.45, 7) is 4.09. The monoisotopic (exact) mass is 637 g/mol. The summed E-state index contributed by atoms with van der Waals surface area (Å²) in [5, 5.41) is 13.3. The Morgan fingerprint density at radius 3 is 2.00 bits per heavy atom. The minimum absolute atomic E-state index is 0.0401. The number of carbonyl (C=O) groups excluding carboxylic acids is 2. The van der Waals surface area contributed by atoms with Crippen molar-refractivity contribution in [1.82, 2.24) is 27.9 Å². The number of aliphatic hydroxyl groups excluding tert-OH is 1. The van der Waals surface area contributed by atoms with Crippen molar-refractivity contribution in [3.8, 4) is 0 Å². The molecule has 5 rings (SSSR count). The van der Waals surface area contributed by atoms with E-state index in [0.717, 1.165) is 8.97 Å². The lowest BCUT2D eigenvalue weighted by Crippen LogP contribution is -2.30. The summed E-state index contributed by atoms with van der Waals surface area (Å²) < 4.78 is 19.9. The number of halogens is 2. The smallest absolute Gasteiger partial charge is 0.357 e. The molecule has 228 valence electrons. The first-order valence-electron chi connectivity index (χ1n) is 12.8. The van der Waals surface area contributed by atoms with Crippen LogP contribution >= 0.6 is 23.2 Å². The molecule has 0 spiro atoms. The van der Waals surface area contributed by atoms with Crippen LogP contribution in [0, 0.1) is 0 Å². The largest absolute Gasteiger partial charge is 0.461 e. The van der Waals surface area contributed by atoms with Gasteiger partial charge in [0.1, 0.15) is 10.3 Å². The maximum Gasteiger partial charge on any atom is 0.357 e. The van der Waals surface area contributed by atoms with Crippen molar-refractivity contribution >= 4 is 46.2 Å².